The second-order valence-corrected chi connectivity index (χ2v) is 9.19. The molecule has 0 fully saturated rings. The Hall–Kier alpha value is -3.17. The molecule has 0 saturated carbocycles. The molecule has 0 bridgehead atoms. The van der Waals surface area contributed by atoms with Gasteiger partial charge >= 0.3 is 0 Å². The quantitative estimate of drug-likeness (QED) is 0.418. The SMILES string of the molecule is O=S(=O)(CCOc1ccccc1)Nc1ccccc1Cc1nc(-c2cccs2)no1. The van der Waals surface area contributed by atoms with Gasteiger partial charge in [0.15, 0.2) is 0 Å². The van der Waals surface area contributed by atoms with E-state index in [2.05, 4.69) is 14.9 Å². The summed E-state index contributed by atoms with van der Waals surface area (Å²) in [5.74, 6) is 1.40. The number of hydrogen-bond donors (Lipinski definition) is 1. The molecule has 0 aliphatic heterocycles. The van der Waals surface area contributed by atoms with Crippen LogP contribution in [0.2, 0.25) is 0 Å². The third kappa shape index (κ3) is 5.25. The van der Waals surface area contributed by atoms with E-state index in [-0.39, 0.29) is 12.4 Å². The molecule has 4 aromatic rings. The lowest BCUT2D eigenvalue weighted by Gasteiger charge is -2.12. The summed E-state index contributed by atoms with van der Waals surface area (Å²) in [7, 11) is -3.59. The molecule has 30 heavy (non-hydrogen) atoms. The Bertz CT molecular complexity index is 1190. The molecule has 7 nitrogen and oxygen atoms in total. The first-order valence-electron chi connectivity index (χ1n) is 9.22. The standard InChI is InChI=1S/C21H19N3O4S2/c25-30(26,14-12-27-17-8-2-1-3-9-17)24-18-10-5-4-7-16(18)15-20-22-21(23-28-20)19-11-6-13-29-19/h1-11,13,24H,12,14-15H2. The Kier molecular flexibility index (Phi) is 6.10. The van der Waals surface area contributed by atoms with Gasteiger partial charge in [-0.1, -0.05) is 47.6 Å². The maximum Gasteiger partial charge on any atom is 0.236 e. The van der Waals surface area contributed by atoms with Crippen LogP contribution in [0.4, 0.5) is 5.69 Å². The number of thiophene rings is 1. The highest BCUT2D eigenvalue weighted by Gasteiger charge is 2.16. The molecule has 0 saturated heterocycles. The van der Waals surface area contributed by atoms with Crippen molar-refractivity contribution in [2.24, 2.45) is 0 Å². The second kappa shape index (κ2) is 9.10. The van der Waals surface area contributed by atoms with Gasteiger partial charge in [0, 0.05) is 0 Å². The molecule has 2 aromatic carbocycles. The van der Waals surface area contributed by atoms with Crippen LogP contribution in [0, 0.1) is 0 Å². The van der Waals surface area contributed by atoms with Crippen molar-refractivity contribution >= 4 is 27.0 Å². The van der Waals surface area contributed by atoms with Gasteiger partial charge in [-0.05, 0) is 35.2 Å². The molecular weight excluding hydrogens is 422 g/mol. The van der Waals surface area contributed by atoms with Gasteiger partial charge in [-0.2, -0.15) is 4.98 Å². The number of para-hydroxylation sites is 2. The van der Waals surface area contributed by atoms with Crippen molar-refractivity contribution in [2.75, 3.05) is 17.1 Å². The molecule has 1 N–H and O–H groups in total. The van der Waals surface area contributed by atoms with Crippen molar-refractivity contribution < 1.29 is 17.7 Å². The van der Waals surface area contributed by atoms with Gasteiger partial charge in [-0.25, -0.2) is 8.42 Å². The summed E-state index contributed by atoms with van der Waals surface area (Å²) in [6.07, 6.45) is 0.317. The fraction of sp³-hybridized carbons (Fsp3) is 0.143. The molecule has 2 heterocycles. The van der Waals surface area contributed by atoms with Gasteiger partial charge in [0.05, 0.1) is 17.0 Å². The average Bonchev–Trinajstić information content (AvgIpc) is 3.42. The number of sulfonamides is 1. The van der Waals surface area contributed by atoms with Gasteiger partial charge in [-0.15, -0.1) is 11.3 Å². The second-order valence-electron chi connectivity index (χ2n) is 6.41. The van der Waals surface area contributed by atoms with Gasteiger partial charge in [0.25, 0.3) is 0 Å². The van der Waals surface area contributed by atoms with Gasteiger partial charge in [0.2, 0.25) is 21.7 Å². The van der Waals surface area contributed by atoms with Crippen molar-refractivity contribution in [1.82, 2.24) is 10.1 Å². The largest absolute Gasteiger partial charge is 0.492 e. The Morgan fingerprint density at radius 3 is 2.60 bits per heavy atom. The van der Waals surface area contributed by atoms with Crippen LogP contribution >= 0.6 is 11.3 Å². The third-order valence-corrected chi connectivity index (χ3v) is 6.30. The van der Waals surface area contributed by atoms with Crippen molar-refractivity contribution in [3.63, 3.8) is 0 Å². The lowest BCUT2D eigenvalue weighted by Crippen LogP contribution is -2.22. The van der Waals surface area contributed by atoms with Crippen LogP contribution in [0.25, 0.3) is 10.7 Å². The molecule has 0 atom stereocenters. The van der Waals surface area contributed by atoms with Gasteiger partial charge in [0.1, 0.15) is 18.1 Å². The first kappa shape index (κ1) is 20.1. The normalized spacial score (nSPS) is 11.3. The average molecular weight is 442 g/mol. The summed E-state index contributed by atoms with van der Waals surface area (Å²) < 4.78 is 38.5. The maximum absolute atomic E-state index is 12.5. The van der Waals surface area contributed by atoms with Crippen LogP contribution in [0.1, 0.15) is 11.5 Å². The molecule has 0 aliphatic rings. The monoisotopic (exact) mass is 441 g/mol. The zero-order chi connectivity index (χ0) is 20.8. The van der Waals surface area contributed by atoms with E-state index in [1.54, 1.807) is 24.3 Å². The summed E-state index contributed by atoms with van der Waals surface area (Å²) in [4.78, 5) is 5.32. The van der Waals surface area contributed by atoms with E-state index in [0.717, 1.165) is 10.4 Å². The van der Waals surface area contributed by atoms with E-state index < -0.39 is 10.0 Å². The van der Waals surface area contributed by atoms with Gasteiger partial charge in [-0.3, -0.25) is 4.72 Å². The predicted octanol–water partition coefficient (Wildman–Crippen LogP) is 4.21. The Labute approximate surface area is 178 Å². The van der Waals surface area contributed by atoms with Crippen LogP contribution < -0.4 is 9.46 Å². The van der Waals surface area contributed by atoms with Crippen LogP contribution in [0.15, 0.2) is 76.6 Å². The number of aromatic nitrogens is 2. The highest BCUT2D eigenvalue weighted by molar-refractivity contribution is 7.92. The zero-order valence-electron chi connectivity index (χ0n) is 15.9. The minimum atomic E-state index is -3.59. The van der Waals surface area contributed by atoms with Gasteiger partial charge < -0.3 is 9.26 Å². The van der Waals surface area contributed by atoms with E-state index in [0.29, 0.717) is 29.6 Å². The summed E-state index contributed by atoms with van der Waals surface area (Å²) in [6, 6.07) is 20.1. The highest BCUT2D eigenvalue weighted by Crippen LogP contribution is 2.24. The predicted molar refractivity (Wildman–Crippen MR) is 116 cm³/mol. The fourth-order valence-electron chi connectivity index (χ4n) is 2.77. The summed E-state index contributed by atoms with van der Waals surface area (Å²) in [5.41, 5.74) is 1.22. The van der Waals surface area contributed by atoms with Crippen LogP contribution in [-0.4, -0.2) is 30.9 Å². The smallest absolute Gasteiger partial charge is 0.236 e. The topological polar surface area (TPSA) is 94.3 Å². The Balaban J connectivity index is 1.41. The summed E-state index contributed by atoms with van der Waals surface area (Å²) in [5, 5.41) is 5.94. The number of nitrogens with zero attached hydrogens (tertiary/aromatic N) is 2. The number of anilines is 1. The zero-order valence-corrected chi connectivity index (χ0v) is 17.5. The molecule has 2 aromatic heterocycles. The van der Waals surface area contributed by atoms with Crippen molar-refractivity contribution in [2.45, 2.75) is 6.42 Å². The maximum atomic E-state index is 12.5. The summed E-state index contributed by atoms with van der Waals surface area (Å²) in [6.45, 7) is 0.0509. The van der Waals surface area contributed by atoms with E-state index >= 15 is 0 Å². The molecule has 4 rings (SSSR count). The molecule has 0 spiro atoms. The molecule has 0 amide bonds. The molecule has 154 valence electrons. The van der Waals surface area contributed by atoms with Crippen LogP contribution in [0.3, 0.4) is 0 Å². The molecule has 9 heteroatoms. The van der Waals surface area contributed by atoms with E-state index in [1.807, 2.05) is 47.8 Å². The van der Waals surface area contributed by atoms with Crippen molar-refractivity contribution in [1.29, 1.82) is 0 Å². The number of nitrogens with one attached hydrogen (secondary N) is 1. The van der Waals surface area contributed by atoms with Crippen molar-refractivity contribution in [3.05, 3.63) is 83.6 Å². The first-order chi connectivity index (χ1) is 14.6. The molecule has 0 radical (unpaired) electrons. The lowest BCUT2D eigenvalue weighted by molar-refractivity contribution is 0.341. The fourth-order valence-corrected chi connectivity index (χ4v) is 4.36. The number of rotatable bonds is 9. The molecule has 0 aliphatic carbocycles. The van der Waals surface area contributed by atoms with Crippen LogP contribution in [-0.2, 0) is 16.4 Å². The Morgan fingerprint density at radius 1 is 1.00 bits per heavy atom. The number of ether oxygens (including phenoxy) is 1. The Morgan fingerprint density at radius 2 is 1.80 bits per heavy atom. The van der Waals surface area contributed by atoms with E-state index in [9.17, 15) is 8.42 Å². The van der Waals surface area contributed by atoms with E-state index in [1.165, 1.54) is 11.3 Å². The van der Waals surface area contributed by atoms with E-state index in [4.69, 9.17) is 9.26 Å². The first-order valence-corrected chi connectivity index (χ1v) is 11.7. The van der Waals surface area contributed by atoms with Crippen LogP contribution in [0.5, 0.6) is 5.75 Å². The highest BCUT2D eigenvalue weighted by atomic mass is 32.2. The molecular formula is C21H19N3O4S2. The minimum Gasteiger partial charge on any atom is -0.492 e. The number of benzene rings is 2. The minimum absolute atomic E-state index is 0.0509. The third-order valence-electron chi connectivity index (χ3n) is 4.20. The summed E-state index contributed by atoms with van der Waals surface area (Å²) >= 11 is 1.52. The van der Waals surface area contributed by atoms with Crippen molar-refractivity contribution in [3.8, 4) is 16.5 Å². The lowest BCUT2D eigenvalue weighted by atomic mass is 10.1. The number of hydrogen-bond acceptors (Lipinski definition) is 7. The molecule has 0 unspecified atom stereocenters.